The zero-order chi connectivity index (χ0) is 12.9. The molecule has 1 saturated heterocycles. The Kier molecular flexibility index (Phi) is 4.25. The zero-order valence-electron chi connectivity index (χ0n) is 11.3. The molecule has 5 heteroatoms. The molecule has 1 aliphatic heterocycles. The summed E-state index contributed by atoms with van der Waals surface area (Å²) in [5.74, 6) is 1.44. The van der Waals surface area contributed by atoms with Crippen LogP contribution in [0.15, 0.2) is 12.4 Å². The molecular formula is C14H22N4O. The highest BCUT2D eigenvalue weighted by Crippen LogP contribution is 2.35. The lowest BCUT2D eigenvalue weighted by Gasteiger charge is -2.25. The summed E-state index contributed by atoms with van der Waals surface area (Å²) in [5, 5.41) is 6.72. The van der Waals surface area contributed by atoms with E-state index in [2.05, 4.69) is 20.6 Å². The lowest BCUT2D eigenvalue weighted by Crippen LogP contribution is -2.42. The van der Waals surface area contributed by atoms with E-state index < -0.39 is 0 Å². The van der Waals surface area contributed by atoms with Gasteiger partial charge in [-0.3, -0.25) is 0 Å². The molecule has 5 nitrogen and oxygen atoms in total. The van der Waals surface area contributed by atoms with E-state index in [9.17, 15) is 0 Å². The molecule has 2 N–H and O–H groups in total. The van der Waals surface area contributed by atoms with Crippen molar-refractivity contribution in [2.45, 2.75) is 37.6 Å². The van der Waals surface area contributed by atoms with Crippen molar-refractivity contribution in [1.29, 1.82) is 0 Å². The maximum atomic E-state index is 5.42. The standard InChI is InChI=1S/C14H22N4O/c1-2-11(3-1)12-8-17-14(18-9-12)16-5-4-13-10-19-7-6-15-13/h8-9,11,13,15H,1-7,10H2,(H,16,17,18). The Morgan fingerprint density at radius 2 is 2.16 bits per heavy atom. The summed E-state index contributed by atoms with van der Waals surface area (Å²) >= 11 is 0. The molecule has 1 aliphatic carbocycles. The van der Waals surface area contributed by atoms with Crippen LogP contribution >= 0.6 is 0 Å². The normalized spacial score (nSPS) is 23.9. The number of nitrogens with one attached hydrogen (secondary N) is 2. The number of aromatic nitrogens is 2. The Labute approximate surface area is 114 Å². The number of rotatable bonds is 5. The van der Waals surface area contributed by atoms with E-state index in [1.807, 2.05) is 12.4 Å². The van der Waals surface area contributed by atoms with Gasteiger partial charge in [0.1, 0.15) is 0 Å². The minimum atomic E-state index is 0.454. The quantitative estimate of drug-likeness (QED) is 0.843. The molecule has 0 bridgehead atoms. The average Bonchev–Trinajstić information content (AvgIpc) is 2.40. The van der Waals surface area contributed by atoms with E-state index in [1.54, 1.807) is 0 Å². The lowest BCUT2D eigenvalue weighted by molar-refractivity contribution is 0.0753. The van der Waals surface area contributed by atoms with Crippen LogP contribution in [-0.4, -0.2) is 42.3 Å². The highest BCUT2D eigenvalue weighted by Gasteiger charge is 2.20. The van der Waals surface area contributed by atoms with Crippen molar-refractivity contribution in [3.05, 3.63) is 18.0 Å². The maximum Gasteiger partial charge on any atom is 0.222 e. The van der Waals surface area contributed by atoms with Crippen molar-refractivity contribution in [2.24, 2.45) is 0 Å². The second-order valence-corrected chi connectivity index (χ2v) is 5.41. The van der Waals surface area contributed by atoms with Crippen LogP contribution in [0.4, 0.5) is 5.95 Å². The first-order valence-electron chi connectivity index (χ1n) is 7.29. The van der Waals surface area contributed by atoms with Crippen molar-refractivity contribution in [3.63, 3.8) is 0 Å². The molecule has 0 radical (unpaired) electrons. The van der Waals surface area contributed by atoms with Gasteiger partial charge in [-0.25, -0.2) is 9.97 Å². The summed E-state index contributed by atoms with van der Waals surface area (Å²) in [4.78, 5) is 8.78. The first-order chi connectivity index (χ1) is 9.42. The van der Waals surface area contributed by atoms with Gasteiger partial charge >= 0.3 is 0 Å². The summed E-state index contributed by atoms with van der Waals surface area (Å²) in [6, 6.07) is 0.454. The van der Waals surface area contributed by atoms with Crippen LogP contribution in [0.5, 0.6) is 0 Å². The van der Waals surface area contributed by atoms with E-state index in [1.165, 1.54) is 24.8 Å². The highest BCUT2D eigenvalue weighted by atomic mass is 16.5. The Balaban J connectivity index is 1.41. The third-order valence-corrected chi connectivity index (χ3v) is 4.02. The predicted octanol–water partition coefficient (Wildman–Crippen LogP) is 1.53. The first kappa shape index (κ1) is 12.8. The fourth-order valence-corrected chi connectivity index (χ4v) is 2.55. The van der Waals surface area contributed by atoms with Crippen LogP contribution in [0.3, 0.4) is 0 Å². The van der Waals surface area contributed by atoms with E-state index in [0.717, 1.165) is 38.7 Å². The minimum Gasteiger partial charge on any atom is -0.379 e. The van der Waals surface area contributed by atoms with Crippen LogP contribution < -0.4 is 10.6 Å². The summed E-state index contributed by atoms with van der Waals surface area (Å²) in [5.41, 5.74) is 1.29. The molecule has 2 aliphatic rings. The SMILES string of the molecule is c1nc(NCCC2COCCN2)ncc1C1CCC1. The van der Waals surface area contributed by atoms with E-state index in [4.69, 9.17) is 4.74 Å². The number of hydrogen-bond donors (Lipinski definition) is 2. The van der Waals surface area contributed by atoms with Gasteiger partial charge < -0.3 is 15.4 Å². The Morgan fingerprint density at radius 3 is 2.79 bits per heavy atom. The van der Waals surface area contributed by atoms with Gasteiger partial charge in [0.2, 0.25) is 5.95 Å². The average molecular weight is 262 g/mol. The Hall–Kier alpha value is -1.20. The lowest BCUT2D eigenvalue weighted by atomic mass is 9.81. The number of anilines is 1. The van der Waals surface area contributed by atoms with Crippen LogP contribution in [0.25, 0.3) is 0 Å². The van der Waals surface area contributed by atoms with Gasteiger partial charge in [-0.2, -0.15) is 0 Å². The van der Waals surface area contributed by atoms with Crippen molar-refractivity contribution >= 4 is 5.95 Å². The van der Waals surface area contributed by atoms with Gasteiger partial charge in [0, 0.05) is 31.5 Å². The fourth-order valence-electron chi connectivity index (χ4n) is 2.55. The fraction of sp³-hybridized carbons (Fsp3) is 0.714. The summed E-state index contributed by atoms with van der Waals surface area (Å²) in [6.45, 7) is 3.47. The molecule has 3 rings (SSSR count). The molecule has 1 aromatic heterocycles. The third-order valence-electron chi connectivity index (χ3n) is 4.02. The molecule has 1 aromatic rings. The predicted molar refractivity (Wildman–Crippen MR) is 74.3 cm³/mol. The van der Waals surface area contributed by atoms with Gasteiger partial charge in [-0.05, 0) is 30.7 Å². The molecule has 0 spiro atoms. The molecule has 1 saturated carbocycles. The molecule has 19 heavy (non-hydrogen) atoms. The monoisotopic (exact) mass is 262 g/mol. The van der Waals surface area contributed by atoms with E-state index in [0.29, 0.717) is 12.0 Å². The third kappa shape index (κ3) is 3.42. The largest absolute Gasteiger partial charge is 0.379 e. The van der Waals surface area contributed by atoms with Crippen LogP contribution in [0.2, 0.25) is 0 Å². The smallest absolute Gasteiger partial charge is 0.222 e. The van der Waals surface area contributed by atoms with E-state index in [-0.39, 0.29) is 0 Å². The zero-order valence-corrected chi connectivity index (χ0v) is 11.3. The number of morpholine rings is 1. The van der Waals surface area contributed by atoms with Gasteiger partial charge in [0.05, 0.1) is 13.2 Å². The van der Waals surface area contributed by atoms with Gasteiger partial charge in [0.25, 0.3) is 0 Å². The summed E-state index contributed by atoms with van der Waals surface area (Å²) in [6.07, 6.45) is 8.92. The molecule has 1 unspecified atom stereocenters. The maximum absolute atomic E-state index is 5.42. The molecule has 2 heterocycles. The number of nitrogens with zero attached hydrogens (tertiary/aromatic N) is 2. The first-order valence-corrected chi connectivity index (χ1v) is 7.29. The molecular weight excluding hydrogens is 240 g/mol. The van der Waals surface area contributed by atoms with Crippen molar-refractivity contribution in [3.8, 4) is 0 Å². The Bertz CT molecular complexity index is 385. The van der Waals surface area contributed by atoms with E-state index >= 15 is 0 Å². The summed E-state index contributed by atoms with van der Waals surface area (Å²) < 4.78 is 5.42. The van der Waals surface area contributed by atoms with Gasteiger partial charge in [-0.1, -0.05) is 6.42 Å². The van der Waals surface area contributed by atoms with Crippen LogP contribution in [-0.2, 0) is 4.74 Å². The second-order valence-electron chi connectivity index (χ2n) is 5.41. The van der Waals surface area contributed by atoms with Crippen molar-refractivity contribution < 1.29 is 4.74 Å². The molecule has 2 fully saturated rings. The topological polar surface area (TPSA) is 59.1 Å². The molecule has 0 amide bonds. The molecule has 0 aromatic carbocycles. The van der Waals surface area contributed by atoms with Crippen LogP contribution in [0.1, 0.15) is 37.2 Å². The number of hydrogen-bond acceptors (Lipinski definition) is 5. The van der Waals surface area contributed by atoms with Gasteiger partial charge in [-0.15, -0.1) is 0 Å². The van der Waals surface area contributed by atoms with Gasteiger partial charge in [0.15, 0.2) is 0 Å². The molecule has 104 valence electrons. The van der Waals surface area contributed by atoms with Crippen molar-refractivity contribution in [2.75, 3.05) is 31.6 Å². The minimum absolute atomic E-state index is 0.454. The highest BCUT2D eigenvalue weighted by molar-refractivity contribution is 5.26. The molecule has 1 atom stereocenters. The van der Waals surface area contributed by atoms with Crippen molar-refractivity contribution in [1.82, 2.24) is 15.3 Å². The summed E-state index contributed by atoms with van der Waals surface area (Å²) in [7, 11) is 0. The number of ether oxygens (including phenoxy) is 1. The Morgan fingerprint density at radius 1 is 1.32 bits per heavy atom. The second kappa shape index (κ2) is 6.30. The van der Waals surface area contributed by atoms with Crippen LogP contribution in [0, 0.1) is 0 Å².